The summed E-state index contributed by atoms with van der Waals surface area (Å²) in [6.07, 6.45) is 3.63. The minimum absolute atomic E-state index is 0.0603. The number of nitrogens with zero attached hydrogens (tertiary/aromatic N) is 4. The fourth-order valence-corrected chi connectivity index (χ4v) is 3.73. The zero-order valence-corrected chi connectivity index (χ0v) is 16.5. The number of aromatic nitrogens is 2. The van der Waals surface area contributed by atoms with Crippen molar-refractivity contribution in [3.05, 3.63) is 81.1 Å². The third kappa shape index (κ3) is 3.58. The van der Waals surface area contributed by atoms with Gasteiger partial charge in [0, 0.05) is 18.8 Å². The first-order valence-corrected chi connectivity index (χ1v) is 9.60. The van der Waals surface area contributed by atoms with Gasteiger partial charge in [-0.1, -0.05) is 36.4 Å². The van der Waals surface area contributed by atoms with E-state index in [4.69, 9.17) is 15.5 Å². The molecule has 1 atom stereocenters. The molecule has 0 radical (unpaired) electrons. The van der Waals surface area contributed by atoms with Crippen LogP contribution in [0.2, 0.25) is 0 Å². The molecule has 0 aliphatic carbocycles. The van der Waals surface area contributed by atoms with Crippen molar-refractivity contribution in [2.45, 2.75) is 12.6 Å². The molecule has 0 saturated carbocycles. The third-order valence-corrected chi connectivity index (χ3v) is 5.08. The smallest absolute Gasteiger partial charge is 0.334 e. The predicted molar refractivity (Wildman–Crippen MR) is 112 cm³/mol. The van der Waals surface area contributed by atoms with Crippen molar-refractivity contribution in [1.29, 1.82) is 0 Å². The van der Waals surface area contributed by atoms with E-state index in [1.165, 1.54) is 0 Å². The molecular formula is C20H23N7O3. The van der Waals surface area contributed by atoms with E-state index in [9.17, 15) is 10.1 Å². The number of benzene rings is 1. The fourth-order valence-electron chi connectivity index (χ4n) is 3.73. The molecule has 10 heteroatoms. The molecule has 4 rings (SSSR count). The second-order valence-electron chi connectivity index (χ2n) is 7.09. The fraction of sp³-hybridized carbons (Fsp3) is 0.300. The first-order valence-electron chi connectivity index (χ1n) is 9.60. The van der Waals surface area contributed by atoms with E-state index in [0.717, 1.165) is 11.3 Å². The Labute approximate surface area is 173 Å². The molecule has 156 valence electrons. The zero-order valence-electron chi connectivity index (χ0n) is 16.5. The van der Waals surface area contributed by atoms with Crippen LogP contribution in [0.5, 0.6) is 0 Å². The number of hydrogen-bond donors (Lipinski definition) is 3. The van der Waals surface area contributed by atoms with Crippen LogP contribution in [0, 0.1) is 17.0 Å². The number of H-pyrrole nitrogens is 1. The summed E-state index contributed by atoms with van der Waals surface area (Å²) in [4.78, 5) is 18.4. The van der Waals surface area contributed by atoms with E-state index < -0.39 is 10.6 Å². The molecule has 2 aromatic rings. The zero-order chi connectivity index (χ0) is 21.1. The Morgan fingerprint density at radius 2 is 2.00 bits per heavy atom. The van der Waals surface area contributed by atoms with Gasteiger partial charge in [0.25, 0.3) is 5.66 Å². The van der Waals surface area contributed by atoms with Crippen LogP contribution in [-0.2, 0) is 10.4 Å². The number of aryl methyl sites for hydroxylation is 1. The number of morpholine rings is 1. The Morgan fingerprint density at radius 3 is 2.63 bits per heavy atom. The number of nitrogens with two attached hydrogens (primary N) is 1. The van der Waals surface area contributed by atoms with Gasteiger partial charge >= 0.3 is 5.70 Å². The van der Waals surface area contributed by atoms with Gasteiger partial charge in [0.05, 0.1) is 18.1 Å². The minimum atomic E-state index is -1.47. The molecule has 1 unspecified atom stereocenters. The number of nitrogens with one attached hydrogen (secondary N) is 2. The van der Waals surface area contributed by atoms with E-state index in [2.05, 4.69) is 15.5 Å². The molecule has 0 bridgehead atoms. The molecule has 30 heavy (non-hydrogen) atoms. The Balaban J connectivity index is 1.87. The number of aliphatic imine (C=N–C) groups is 1. The van der Waals surface area contributed by atoms with Crippen LogP contribution in [0.25, 0.3) is 6.08 Å². The number of rotatable bonds is 5. The molecule has 0 amide bonds. The van der Waals surface area contributed by atoms with Crippen molar-refractivity contribution in [1.82, 2.24) is 20.4 Å². The predicted octanol–water partition coefficient (Wildman–Crippen LogP) is 1.32. The van der Waals surface area contributed by atoms with Gasteiger partial charge in [0.2, 0.25) is 0 Å². The lowest BCUT2D eigenvalue weighted by atomic mass is 9.96. The minimum Gasteiger partial charge on any atom is -0.380 e. The summed E-state index contributed by atoms with van der Waals surface area (Å²) >= 11 is 0. The molecule has 0 spiro atoms. The molecule has 4 N–H and O–H groups in total. The van der Waals surface area contributed by atoms with Crippen molar-refractivity contribution in [3.8, 4) is 0 Å². The van der Waals surface area contributed by atoms with Gasteiger partial charge in [0.1, 0.15) is 11.5 Å². The van der Waals surface area contributed by atoms with Gasteiger partial charge in [-0.2, -0.15) is 5.10 Å². The number of ether oxygens (including phenoxy) is 1. The van der Waals surface area contributed by atoms with E-state index in [1.807, 2.05) is 48.2 Å². The molecule has 1 aromatic carbocycles. The highest BCUT2D eigenvalue weighted by atomic mass is 16.6. The van der Waals surface area contributed by atoms with Crippen LogP contribution in [0.1, 0.15) is 17.0 Å². The monoisotopic (exact) mass is 409 g/mol. The Morgan fingerprint density at radius 1 is 1.27 bits per heavy atom. The third-order valence-electron chi connectivity index (χ3n) is 5.08. The van der Waals surface area contributed by atoms with E-state index in [0.29, 0.717) is 37.8 Å². The average molecular weight is 409 g/mol. The topological polar surface area (TPSA) is 135 Å². The molecule has 10 nitrogen and oxygen atoms in total. The molecule has 3 heterocycles. The van der Waals surface area contributed by atoms with Gasteiger partial charge in [-0.25, -0.2) is 4.99 Å². The highest BCUT2D eigenvalue weighted by Gasteiger charge is 2.55. The summed E-state index contributed by atoms with van der Waals surface area (Å²) in [5, 5.41) is 22.2. The Bertz CT molecular complexity index is 1020. The summed E-state index contributed by atoms with van der Waals surface area (Å²) in [5.74, 6) is 0.351. The Hall–Kier alpha value is -3.50. The highest BCUT2D eigenvalue weighted by molar-refractivity contribution is 5.98. The van der Waals surface area contributed by atoms with Gasteiger partial charge in [0.15, 0.2) is 5.82 Å². The standard InChI is InChI=1S/C20H23N7O3/c1-14-13-16(25-24-14)20(26-9-11-30-12-10-26)18(27(28)29)19(21)22-17(23-20)8-7-15-5-3-2-4-6-15/h2-8,13H,9-12,21H2,1H3,(H,22,23)(H,24,25)/b8-7+. The molecule has 1 fully saturated rings. The Kier molecular flexibility index (Phi) is 5.34. The normalized spacial score (nSPS) is 22.8. The summed E-state index contributed by atoms with van der Waals surface area (Å²) in [7, 11) is 0. The number of aromatic amines is 1. The van der Waals surface area contributed by atoms with Gasteiger partial charge in [-0.3, -0.25) is 20.1 Å². The molecule has 1 aromatic heterocycles. The van der Waals surface area contributed by atoms with Gasteiger partial charge in [-0.15, -0.1) is 0 Å². The lowest BCUT2D eigenvalue weighted by Gasteiger charge is -2.41. The van der Waals surface area contributed by atoms with Crippen molar-refractivity contribution in [2.24, 2.45) is 10.7 Å². The van der Waals surface area contributed by atoms with Crippen LogP contribution in [0.4, 0.5) is 0 Å². The average Bonchev–Trinajstić information content (AvgIpc) is 3.19. The quantitative estimate of drug-likeness (QED) is 0.501. The maximum absolute atomic E-state index is 12.1. The van der Waals surface area contributed by atoms with Gasteiger partial charge in [-0.05, 0) is 24.6 Å². The van der Waals surface area contributed by atoms with Crippen LogP contribution in [0.15, 0.2) is 59.0 Å². The van der Waals surface area contributed by atoms with Gasteiger partial charge < -0.3 is 15.8 Å². The molecule has 1 saturated heterocycles. The number of nitro groups is 1. The molecular weight excluding hydrogens is 386 g/mol. The SMILES string of the molecule is Cc1cc(C2(N3CCOCC3)N=C(/C=C/c3ccccc3)NC(N)=C2[N+](=O)[O-])n[nH]1. The second kappa shape index (κ2) is 8.09. The first kappa shape index (κ1) is 19.8. The molecule has 2 aliphatic rings. The molecule has 2 aliphatic heterocycles. The summed E-state index contributed by atoms with van der Waals surface area (Å²) < 4.78 is 5.47. The van der Waals surface area contributed by atoms with Crippen LogP contribution >= 0.6 is 0 Å². The second-order valence-corrected chi connectivity index (χ2v) is 7.09. The summed E-state index contributed by atoms with van der Waals surface area (Å²) in [6.45, 7) is 3.62. The maximum Gasteiger partial charge on any atom is 0.334 e. The number of hydrogen-bond acceptors (Lipinski definition) is 8. The van der Waals surface area contributed by atoms with E-state index in [1.54, 1.807) is 12.1 Å². The van der Waals surface area contributed by atoms with Crippen LogP contribution in [-0.4, -0.2) is 52.2 Å². The highest BCUT2D eigenvalue weighted by Crippen LogP contribution is 2.40. The first-order chi connectivity index (χ1) is 14.5. The summed E-state index contributed by atoms with van der Waals surface area (Å²) in [6, 6.07) is 11.5. The van der Waals surface area contributed by atoms with Crippen molar-refractivity contribution < 1.29 is 9.66 Å². The largest absolute Gasteiger partial charge is 0.380 e. The van der Waals surface area contributed by atoms with E-state index >= 15 is 0 Å². The van der Waals surface area contributed by atoms with E-state index in [-0.39, 0.29) is 11.5 Å². The van der Waals surface area contributed by atoms with Crippen molar-refractivity contribution >= 4 is 11.9 Å². The lowest BCUT2D eigenvalue weighted by molar-refractivity contribution is -0.444. The lowest BCUT2D eigenvalue weighted by Crippen LogP contribution is -2.57. The maximum atomic E-state index is 12.1. The van der Waals surface area contributed by atoms with Crippen LogP contribution in [0.3, 0.4) is 0 Å². The van der Waals surface area contributed by atoms with Crippen molar-refractivity contribution in [2.75, 3.05) is 26.3 Å². The number of amidine groups is 1. The summed E-state index contributed by atoms with van der Waals surface area (Å²) in [5.41, 5.74) is 6.63. The van der Waals surface area contributed by atoms with Crippen molar-refractivity contribution in [3.63, 3.8) is 0 Å². The van der Waals surface area contributed by atoms with Crippen LogP contribution < -0.4 is 11.1 Å².